The molecule has 1 aliphatic heterocycles. The largest absolute Gasteiger partial charge is 0.492 e. The standard InChI is InChI=1S/C23H29BN2O4/c1-17-11-12-19(14-25-17)13-20(24-29-22(2,3)23(4,5)30-24)15-26-21(27)28-16-18-9-7-6-8-10-18/h6-14H,15-16H2,1-5H3,(H,26,27). The molecule has 7 heteroatoms. The molecule has 1 aromatic heterocycles. The second kappa shape index (κ2) is 9.02. The third-order valence-corrected chi connectivity index (χ3v) is 5.49. The molecule has 1 fully saturated rings. The van der Waals surface area contributed by atoms with Crippen LogP contribution in [0.5, 0.6) is 0 Å². The number of nitrogens with one attached hydrogen (secondary N) is 1. The molecule has 0 radical (unpaired) electrons. The van der Waals surface area contributed by atoms with E-state index in [1.807, 2.05) is 83.2 Å². The molecule has 158 valence electrons. The van der Waals surface area contributed by atoms with Crippen molar-refractivity contribution >= 4 is 19.3 Å². The van der Waals surface area contributed by atoms with Crippen LogP contribution in [0.15, 0.2) is 54.1 Å². The van der Waals surface area contributed by atoms with Crippen LogP contribution in [0, 0.1) is 6.92 Å². The Morgan fingerprint density at radius 2 is 1.77 bits per heavy atom. The molecule has 0 unspecified atom stereocenters. The van der Waals surface area contributed by atoms with Crippen molar-refractivity contribution < 1.29 is 18.8 Å². The van der Waals surface area contributed by atoms with Gasteiger partial charge in [-0.3, -0.25) is 4.98 Å². The molecule has 0 aliphatic carbocycles. The van der Waals surface area contributed by atoms with Crippen molar-refractivity contribution in [1.82, 2.24) is 10.3 Å². The summed E-state index contributed by atoms with van der Waals surface area (Å²) in [4.78, 5) is 16.6. The number of hydrogen-bond donors (Lipinski definition) is 1. The van der Waals surface area contributed by atoms with Gasteiger partial charge in [-0.1, -0.05) is 42.5 Å². The number of alkyl carbamates (subject to hydrolysis) is 1. The Morgan fingerprint density at radius 1 is 1.10 bits per heavy atom. The van der Waals surface area contributed by atoms with Gasteiger partial charge in [-0.2, -0.15) is 0 Å². The minimum atomic E-state index is -0.578. The summed E-state index contributed by atoms with van der Waals surface area (Å²) in [7, 11) is -0.578. The average molecular weight is 408 g/mol. The van der Waals surface area contributed by atoms with Crippen molar-refractivity contribution in [3.8, 4) is 0 Å². The first-order valence-corrected chi connectivity index (χ1v) is 10.1. The lowest BCUT2D eigenvalue weighted by atomic mass is 9.77. The number of carbonyl (C=O) groups excluding carboxylic acids is 1. The molecule has 0 bridgehead atoms. The molecule has 1 saturated heterocycles. The van der Waals surface area contributed by atoms with E-state index < -0.39 is 24.4 Å². The van der Waals surface area contributed by atoms with Crippen molar-refractivity contribution in [3.63, 3.8) is 0 Å². The van der Waals surface area contributed by atoms with Crippen LogP contribution in [0.2, 0.25) is 0 Å². The predicted octanol–water partition coefficient (Wildman–Crippen LogP) is 4.33. The smallest absolute Gasteiger partial charge is 0.445 e. The molecule has 6 nitrogen and oxygen atoms in total. The minimum absolute atomic E-state index is 0.212. The lowest BCUT2D eigenvalue weighted by Gasteiger charge is -2.32. The monoisotopic (exact) mass is 408 g/mol. The third kappa shape index (κ3) is 5.49. The zero-order valence-electron chi connectivity index (χ0n) is 18.3. The van der Waals surface area contributed by atoms with Gasteiger partial charge in [0.1, 0.15) is 6.61 Å². The van der Waals surface area contributed by atoms with Crippen LogP contribution in [0.25, 0.3) is 6.08 Å². The molecule has 1 amide bonds. The van der Waals surface area contributed by atoms with Gasteiger partial charge in [0.25, 0.3) is 0 Å². The van der Waals surface area contributed by atoms with Crippen LogP contribution in [-0.4, -0.2) is 35.9 Å². The van der Waals surface area contributed by atoms with Crippen LogP contribution in [0.4, 0.5) is 4.79 Å². The molecule has 0 spiro atoms. The number of benzene rings is 1. The Hall–Kier alpha value is -2.64. The van der Waals surface area contributed by atoms with Crippen LogP contribution in [-0.2, 0) is 20.7 Å². The number of amides is 1. The van der Waals surface area contributed by atoms with Gasteiger partial charge in [0, 0.05) is 18.4 Å². The molecule has 30 heavy (non-hydrogen) atoms. The number of carbonyl (C=O) groups is 1. The normalized spacial score (nSPS) is 17.6. The van der Waals surface area contributed by atoms with Gasteiger partial charge >= 0.3 is 13.2 Å². The van der Waals surface area contributed by atoms with E-state index in [0.29, 0.717) is 0 Å². The Morgan fingerprint density at radius 3 is 2.37 bits per heavy atom. The number of aryl methyl sites for hydroxylation is 1. The maximum Gasteiger partial charge on any atom is 0.492 e. The van der Waals surface area contributed by atoms with Gasteiger partial charge < -0.3 is 19.4 Å². The van der Waals surface area contributed by atoms with E-state index in [4.69, 9.17) is 14.0 Å². The van der Waals surface area contributed by atoms with Crippen molar-refractivity contribution in [1.29, 1.82) is 0 Å². The van der Waals surface area contributed by atoms with Gasteiger partial charge in [-0.25, -0.2) is 4.79 Å². The first kappa shape index (κ1) is 22.1. The second-order valence-electron chi connectivity index (χ2n) is 8.46. The summed E-state index contributed by atoms with van der Waals surface area (Å²) >= 11 is 0. The maximum absolute atomic E-state index is 12.2. The number of hydrogen-bond acceptors (Lipinski definition) is 5. The van der Waals surface area contributed by atoms with E-state index in [9.17, 15) is 4.79 Å². The Balaban J connectivity index is 1.70. The highest BCUT2D eigenvalue weighted by Crippen LogP contribution is 2.38. The fourth-order valence-corrected chi connectivity index (χ4v) is 2.92. The summed E-state index contributed by atoms with van der Waals surface area (Å²) in [5, 5.41) is 2.81. The molecule has 2 aromatic rings. The topological polar surface area (TPSA) is 69.7 Å². The van der Waals surface area contributed by atoms with E-state index in [2.05, 4.69) is 10.3 Å². The molecule has 3 rings (SSSR count). The first-order chi connectivity index (χ1) is 14.2. The number of rotatable bonds is 6. The van der Waals surface area contributed by atoms with Crippen molar-refractivity contribution in [2.45, 2.75) is 52.4 Å². The van der Waals surface area contributed by atoms with Crippen LogP contribution < -0.4 is 5.32 Å². The summed E-state index contributed by atoms with van der Waals surface area (Å²) in [5.74, 6) is 0. The lowest BCUT2D eigenvalue weighted by Crippen LogP contribution is -2.41. The SMILES string of the molecule is Cc1ccc(C=C(CNC(=O)OCc2ccccc2)B2OC(C)(C)C(C)(C)O2)cn1. The van der Waals surface area contributed by atoms with Gasteiger partial charge in [0.2, 0.25) is 0 Å². The van der Waals surface area contributed by atoms with E-state index >= 15 is 0 Å². The van der Waals surface area contributed by atoms with Gasteiger partial charge in [0.15, 0.2) is 0 Å². The van der Waals surface area contributed by atoms with Crippen LogP contribution in [0.1, 0.15) is 44.5 Å². The first-order valence-electron chi connectivity index (χ1n) is 10.1. The molecule has 1 aromatic carbocycles. The fourth-order valence-electron chi connectivity index (χ4n) is 2.92. The van der Waals surface area contributed by atoms with E-state index in [0.717, 1.165) is 22.3 Å². The third-order valence-electron chi connectivity index (χ3n) is 5.49. The number of ether oxygens (including phenoxy) is 1. The van der Waals surface area contributed by atoms with Crippen LogP contribution >= 0.6 is 0 Å². The number of nitrogens with zero attached hydrogens (tertiary/aromatic N) is 1. The summed E-state index contributed by atoms with van der Waals surface area (Å²) < 4.78 is 17.7. The summed E-state index contributed by atoms with van der Waals surface area (Å²) in [6.07, 6.45) is 3.23. The molecular formula is C23H29BN2O4. The highest BCUT2D eigenvalue weighted by Gasteiger charge is 2.52. The van der Waals surface area contributed by atoms with Crippen LogP contribution in [0.3, 0.4) is 0 Å². The van der Waals surface area contributed by atoms with E-state index in [1.165, 1.54) is 0 Å². The lowest BCUT2D eigenvalue weighted by molar-refractivity contribution is 0.00578. The maximum atomic E-state index is 12.2. The molecule has 0 atom stereocenters. The van der Waals surface area contributed by atoms with Crippen molar-refractivity contribution in [2.24, 2.45) is 0 Å². The highest BCUT2D eigenvalue weighted by atomic mass is 16.7. The predicted molar refractivity (Wildman–Crippen MR) is 118 cm³/mol. The molecule has 1 aliphatic rings. The molecular weight excluding hydrogens is 379 g/mol. The van der Waals surface area contributed by atoms with E-state index in [-0.39, 0.29) is 13.2 Å². The van der Waals surface area contributed by atoms with Crippen molar-refractivity contribution in [3.05, 3.63) is 71.0 Å². The Bertz CT molecular complexity index is 879. The Kier molecular flexibility index (Phi) is 6.63. The second-order valence-corrected chi connectivity index (χ2v) is 8.46. The average Bonchev–Trinajstić information content (AvgIpc) is 2.93. The molecule has 2 heterocycles. The molecule has 1 N–H and O–H groups in total. The van der Waals surface area contributed by atoms with Gasteiger partial charge in [-0.05, 0) is 57.3 Å². The van der Waals surface area contributed by atoms with Gasteiger partial charge in [0.05, 0.1) is 11.2 Å². The zero-order chi connectivity index (χ0) is 21.8. The highest BCUT2D eigenvalue weighted by molar-refractivity contribution is 6.56. The van der Waals surface area contributed by atoms with E-state index in [1.54, 1.807) is 6.20 Å². The quantitative estimate of drug-likeness (QED) is 0.721. The minimum Gasteiger partial charge on any atom is -0.445 e. The van der Waals surface area contributed by atoms with Gasteiger partial charge in [-0.15, -0.1) is 0 Å². The van der Waals surface area contributed by atoms with Crippen molar-refractivity contribution in [2.75, 3.05) is 6.54 Å². The zero-order valence-corrected chi connectivity index (χ0v) is 18.3. The molecule has 0 saturated carbocycles. The number of aromatic nitrogens is 1. The number of pyridine rings is 1. The summed E-state index contributed by atoms with van der Waals surface area (Å²) in [6.45, 7) is 10.4. The summed E-state index contributed by atoms with van der Waals surface area (Å²) in [5.41, 5.74) is 2.61. The summed E-state index contributed by atoms with van der Waals surface area (Å²) in [6, 6.07) is 13.5. The Labute approximate surface area is 178 Å². The fraction of sp³-hybridized carbons (Fsp3) is 0.391.